The van der Waals surface area contributed by atoms with Crippen LogP contribution in [-0.2, 0) is 4.74 Å². The van der Waals surface area contributed by atoms with Crippen molar-refractivity contribution in [2.24, 2.45) is 0 Å². The van der Waals surface area contributed by atoms with Crippen molar-refractivity contribution in [3.05, 3.63) is 24.7 Å². The number of rotatable bonds is 2. The van der Waals surface area contributed by atoms with Crippen molar-refractivity contribution < 1.29 is 4.74 Å². The molecule has 0 unspecified atom stereocenters. The summed E-state index contributed by atoms with van der Waals surface area (Å²) in [4.78, 5) is 4.21. The number of nitrogens with zero attached hydrogens (tertiary/aromatic N) is 4. The van der Waals surface area contributed by atoms with Crippen LogP contribution in [0.3, 0.4) is 0 Å². The van der Waals surface area contributed by atoms with Crippen LogP contribution in [0.5, 0.6) is 0 Å². The zero-order valence-electron chi connectivity index (χ0n) is 11.5. The highest BCUT2D eigenvalue weighted by Crippen LogP contribution is 2.34. The van der Waals surface area contributed by atoms with Crippen LogP contribution in [0.4, 0.5) is 5.82 Å². The highest BCUT2D eigenvalue weighted by molar-refractivity contribution is 5.99. The van der Waals surface area contributed by atoms with E-state index in [0.29, 0.717) is 11.9 Å². The Hall–Kier alpha value is -2.41. The molecular weight excluding hydrogens is 268 g/mol. The lowest BCUT2D eigenvalue weighted by molar-refractivity contribution is 0.0675. The summed E-state index contributed by atoms with van der Waals surface area (Å²) in [6, 6.07) is 2.31. The molecule has 0 bridgehead atoms. The Morgan fingerprint density at radius 1 is 1.33 bits per heavy atom. The Morgan fingerprint density at radius 2 is 2.19 bits per heavy atom. The summed E-state index contributed by atoms with van der Waals surface area (Å²) in [6.07, 6.45) is 7.23. The fourth-order valence-corrected chi connectivity index (χ4v) is 2.90. The first-order valence-electron chi connectivity index (χ1n) is 7.04. The number of nitrogens with one attached hydrogen (secondary N) is 1. The first kappa shape index (κ1) is 12.3. The summed E-state index contributed by atoms with van der Waals surface area (Å²) in [5.41, 5.74) is 8.86. The molecule has 108 valence electrons. The van der Waals surface area contributed by atoms with Gasteiger partial charge in [-0.05, 0) is 18.9 Å². The number of ether oxygens (including phenoxy) is 1. The second-order valence-electron chi connectivity index (χ2n) is 5.21. The van der Waals surface area contributed by atoms with Crippen LogP contribution in [0.15, 0.2) is 24.7 Å². The molecule has 4 heterocycles. The maximum Gasteiger partial charge on any atom is 0.135 e. The molecule has 1 fully saturated rings. The predicted molar refractivity (Wildman–Crippen MR) is 78.6 cm³/mol. The molecule has 0 aliphatic carbocycles. The predicted octanol–water partition coefficient (Wildman–Crippen LogP) is 1.76. The van der Waals surface area contributed by atoms with Crippen LogP contribution in [0.2, 0.25) is 0 Å². The number of anilines is 1. The van der Waals surface area contributed by atoms with Crippen molar-refractivity contribution in [1.82, 2.24) is 25.0 Å². The topological polar surface area (TPSA) is 94.6 Å². The Bertz CT molecular complexity index is 757. The lowest BCUT2D eigenvalue weighted by Gasteiger charge is -2.23. The third-order valence-corrected chi connectivity index (χ3v) is 3.96. The van der Waals surface area contributed by atoms with E-state index in [4.69, 9.17) is 15.6 Å². The van der Waals surface area contributed by atoms with E-state index in [2.05, 4.69) is 19.9 Å². The van der Waals surface area contributed by atoms with E-state index in [1.165, 1.54) is 0 Å². The van der Waals surface area contributed by atoms with Crippen LogP contribution >= 0.6 is 0 Å². The molecule has 3 N–H and O–H groups in total. The number of hydrogen-bond acceptors (Lipinski definition) is 5. The Labute approximate surface area is 121 Å². The Morgan fingerprint density at radius 3 is 2.95 bits per heavy atom. The zero-order chi connectivity index (χ0) is 14.2. The van der Waals surface area contributed by atoms with E-state index in [-0.39, 0.29) is 0 Å². The van der Waals surface area contributed by atoms with Gasteiger partial charge in [0.25, 0.3) is 0 Å². The van der Waals surface area contributed by atoms with Gasteiger partial charge in [-0.25, -0.2) is 4.98 Å². The van der Waals surface area contributed by atoms with Gasteiger partial charge in [-0.1, -0.05) is 0 Å². The van der Waals surface area contributed by atoms with Gasteiger partial charge in [0.15, 0.2) is 0 Å². The molecule has 3 aromatic heterocycles. The molecule has 3 aromatic rings. The lowest BCUT2D eigenvalue weighted by Crippen LogP contribution is -2.20. The average Bonchev–Trinajstić information content (AvgIpc) is 3.16. The molecule has 21 heavy (non-hydrogen) atoms. The van der Waals surface area contributed by atoms with Crippen LogP contribution in [-0.4, -0.2) is 38.2 Å². The summed E-state index contributed by atoms with van der Waals surface area (Å²) < 4.78 is 7.51. The SMILES string of the molecule is Nc1nccc2c1c(-c1cn[nH]c1)nn2C1CCOCC1. The minimum absolute atomic E-state index is 0.337. The summed E-state index contributed by atoms with van der Waals surface area (Å²) in [6.45, 7) is 1.54. The molecule has 0 atom stereocenters. The quantitative estimate of drug-likeness (QED) is 0.747. The fraction of sp³-hybridized carbons (Fsp3) is 0.357. The van der Waals surface area contributed by atoms with Crippen molar-refractivity contribution in [1.29, 1.82) is 0 Å². The van der Waals surface area contributed by atoms with Gasteiger partial charge < -0.3 is 10.5 Å². The molecule has 0 spiro atoms. The number of pyridine rings is 1. The molecule has 4 rings (SSSR count). The lowest BCUT2D eigenvalue weighted by atomic mass is 10.1. The van der Waals surface area contributed by atoms with Crippen molar-refractivity contribution in [3.8, 4) is 11.3 Å². The Kier molecular flexibility index (Phi) is 2.85. The fourth-order valence-electron chi connectivity index (χ4n) is 2.90. The molecule has 1 aliphatic rings. The largest absolute Gasteiger partial charge is 0.383 e. The molecule has 1 aliphatic heterocycles. The molecule has 1 saturated heterocycles. The highest BCUT2D eigenvalue weighted by Gasteiger charge is 2.23. The number of hydrogen-bond donors (Lipinski definition) is 2. The first-order valence-corrected chi connectivity index (χ1v) is 7.04. The molecule has 7 nitrogen and oxygen atoms in total. The molecule has 0 saturated carbocycles. The second-order valence-corrected chi connectivity index (χ2v) is 5.21. The molecule has 0 radical (unpaired) electrons. The van der Waals surface area contributed by atoms with Gasteiger partial charge >= 0.3 is 0 Å². The normalized spacial score (nSPS) is 16.6. The van der Waals surface area contributed by atoms with Crippen LogP contribution in [0.1, 0.15) is 18.9 Å². The van der Waals surface area contributed by atoms with Gasteiger partial charge in [-0.2, -0.15) is 10.2 Å². The van der Waals surface area contributed by atoms with Crippen molar-refractivity contribution >= 4 is 16.7 Å². The number of nitrogen functional groups attached to an aromatic ring is 1. The van der Waals surface area contributed by atoms with E-state index in [0.717, 1.165) is 48.2 Å². The van der Waals surface area contributed by atoms with E-state index in [1.54, 1.807) is 12.4 Å². The minimum Gasteiger partial charge on any atom is -0.383 e. The van der Waals surface area contributed by atoms with Gasteiger partial charge in [0.05, 0.1) is 23.1 Å². The highest BCUT2D eigenvalue weighted by atomic mass is 16.5. The van der Waals surface area contributed by atoms with Gasteiger partial charge in [-0.15, -0.1) is 0 Å². The van der Waals surface area contributed by atoms with Crippen molar-refractivity contribution in [2.45, 2.75) is 18.9 Å². The minimum atomic E-state index is 0.337. The van der Waals surface area contributed by atoms with Gasteiger partial charge in [0, 0.05) is 31.2 Å². The smallest absolute Gasteiger partial charge is 0.135 e. The summed E-state index contributed by atoms with van der Waals surface area (Å²) in [5.74, 6) is 0.502. The van der Waals surface area contributed by atoms with Crippen LogP contribution < -0.4 is 5.73 Å². The van der Waals surface area contributed by atoms with Gasteiger partial charge in [-0.3, -0.25) is 9.78 Å². The summed E-state index contributed by atoms with van der Waals surface area (Å²) >= 11 is 0. The van der Waals surface area contributed by atoms with Crippen LogP contribution in [0.25, 0.3) is 22.2 Å². The van der Waals surface area contributed by atoms with Crippen molar-refractivity contribution in [3.63, 3.8) is 0 Å². The molecule has 7 heteroatoms. The number of H-pyrrole nitrogens is 1. The number of nitrogens with two attached hydrogens (primary N) is 1. The summed E-state index contributed by atoms with van der Waals surface area (Å²) in [7, 11) is 0. The third-order valence-electron chi connectivity index (χ3n) is 3.96. The van der Waals surface area contributed by atoms with E-state index >= 15 is 0 Å². The first-order chi connectivity index (χ1) is 10.3. The van der Waals surface area contributed by atoms with Gasteiger partial charge in [0.2, 0.25) is 0 Å². The number of aromatic amines is 1. The zero-order valence-corrected chi connectivity index (χ0v) is 11.5. The van der Waals surface area contributed by atoms with Crippen molar-refractivity contribution in [2.75, 3.05) is 18.9 Å². The van der Waals surface area contributed by atoms with Crippen LogP contribution in [0, 0.1) is 0 Å². The summed E-state index contributed by atoms with van der Waals surface area (Å²) in [5, 5.41) is 12.5. The van der Waals surface area contributed by atoms with E-state index < -0.39 is 0 Å². The molecule has 0 amide bonds. The monoisotopic (exact) mass is 284 g/mol. The average molecular weight is 284 g/mol. The standard InChI is InChI=1S/C14H16N6O/c15-14-12-11(1-4-16-14)20(10-2-5-21-6-3-10)19-13(12)9-7-17-18-8-9/h1,4,7-8,10H,2-3,5-6H2,(H2,15,16)(H,17,18). The second kappa shape index (κ2) is 4.85. The molecular formula is C14H16N6O. The van der Waals surface area contributed by atoms with Gasteiger partial charge in [0.1, 0.15) is 11.5 Å². The van der Waals surface area contributed by atoms with E-state index in [1.807, 2.05) is 12.3 Å². The molecule has 0 aromatic carbocycles. The third kappa shape index (κ3) is 1.97. The maximum absolute atomic E-state index is 6.09. The van der Waals surface area contributed by atoms with E-state index in [9.17, 15) is 0 Å². The number of fused-ring (bicyclic) bond motifs is 1. The maximum atomic E-state index is 6.09. The number of aromatic nitrogens is 5. The Balaban J connectivity index is 1.93.